The number of hydrogen-bond donors (Lipinski definition) is 2. The minimum atomic E-state index is -0.240. The monoisotopic (exact) mass is 446 g/mol. The number of carbonyl (C=O) groups is 2. The van der Waals surface area contributed by atoms with Crippen molar-refractivity contribution in [1.82, 2.24) is 15.1 Å². The Kier molecular flexibility index (Phi) is 5.93. The first-order valence-corrected chi connectivity index (χ1v) is 10.4. The summed E-state index contributed by atoms with van der Waals surface area (Å²) < 4.78 is 2.87. The van der Waals surface area contributed by atoms with Crippen LogP contribution < -0.4 is 10.6 Å². The van der Waals surface area contributed by atoms with E-state index in [2.05, 4.69) is 52.4 Å². The smallest absolute Gasteiger partial charge is 0.271 e. The van der Waals surface area contributed by atoms with Gasteiger partial charge in [-0.3, -0.25) is 14.3 Å². The van der Waals surface area contributed by atoms with Gasteiger partial charge in [-0.25, -0.2) is 0 Å². The van der Waals surface area contributed by atoms with Gasteiger partial charge in [0, 0.05) is 34.7 Å². The van der Waals surface area contributed by atoms with Crippen LogP contribution in [0.1, 0.15) is 67.7 Å². The van der Waals surface area contributed by atoms with Gasteiger partial charge in [0.25, 0.3) is 5.91 Å². The van der Waals surface area contributed by atoms with Gasteiger partial charge in [-0.2, -0.15) is 5.10 Å². The van der Waals surface area contributed by atoms with Crippen LogP contribution >= 0.6 is 15.9 Å². The number of rotatable bonds is 6. The highest BCUT2D eigenvalue weighted by molar-refractivity contribution is 9.10. The Morgan fingerprint density at radius 3 is 2.61 bits per heavy atom. The summed E-state index contributed by atoms with van der Waals surface area (Å²) in [4.78, 5) is 24.7. The van der Waals surface area contributed by atoms with Crippen LogP contribution in [0.2, 0.25) is 0 Å². The van der Waals surface area contributed by atoms with Crippen molar-refractivity contribution < 1.29 is 9.59 Å². The Hall–Kier alpha value is -2.15. The standard InChI is InChI=1S/C21H27BrN4O2/c1-13-5-8-15(22)11-16(13)24-19(27)9-10-23-20(28)17-12-18(14-6-7-14)26(25-17)21(2,3)4/h5,8,11-12,14H,6-7,9-10H2,1-4H3,(H,23,28)(H,24,27). The molecule has 1 heterocycles. The minimum Gasteiger partial charge on any atom is -0.350 e. The van der Waals surface area contributed by atoms with Crippen LogP contribution in [0.4, 0.5) is 5.69 Å². The maximum atomic E-state index is 12.5. The second kappa shape index (κ2) is 8.07. The Morgan fingerprint density at radius 1 is 1.25 bits per heavy atom. The van der Waals surface area contributed by atoms with Crippen molar-refractivity contribution in [2.75, 3.05) is 11.9 Å². The SMILES string of the molecule is Cc1ccc(Br)cc1NC(=O)CCNC(=O)c1cc(C2CC2)n(C(C)(C)C)n1. The molecule has 0 unspecified atom stereocenters. The fourth-order valence-corrected chi connectivity index (χ4v) is 3.40. The van der Waals surface area contributed by atoms with Crippen molar-refractivity contribution in [3.63, 3.8) is 0 Å². The van der Waals surface area contributed by atoms with Gasteiger partial charge in [-0.05, 0) is 64.3 Å². The molecule has 1 fully saturated rings. The van der Waals surface area contributed by atoms with Crippen LogP contribution in [-0.4, -0.2) is 28.1 Å². The second-order valence-electron chi connectivity index (χ2n) is 8.32. The number of hydrogen-bond acceptors (Lipinski definition) is 3. The molecule has 2 N–H and O–H groups in total. The number of carbonyl (C=O) groups excluding carboxylic acids is 2. The Labute approximate surface area is 174 Å². The van der Waals surface area contributed by atoms with Gasteiger partial charge in [0.15, 0.2) is 0 Å². The van der Waals surface area contributed by atoms with Gasteiger partial charge in [-0.15, -0.1) is 0 Å². The van der Waals surface area contributed by atoms with E-state index in [1.807, 2.05) is 35.9 Å². The summed E-state index contributed by atoms with van der Waals surface area (Å²) in [6.45, 7) is 8.46. The number of nitrogens with zero attached hydrogens (tertiary/aromatic N) is 2. The van der Waals surface area contributed by atoms with E-state index in [9.17, 15) is 9.59 Å². The molecule has 2 amide bonds. The highest BCUT2D eigenvalue weighted by Crippen LogP contribution is 2.41. The summed E-state index contributed by atoms with van der Waals surface area (Å²) in [5.74, 6) is 0.129. The van der Waals surface area contributed by atoms with Crippen LogP contribution in [0, 0.1) is 6.92 Å². The Morgan fingerprint density at radius 2 is 1.96 bits per heavy atom. The van der Waals surface area contributed by atoms with E-state index < -0.39 is 0 Å². The van der Waals surface area contributed by atoms with Crippen LogP contribution in [0.3, 0.4) is 0 Å². The molecule has 0 bridgehead atoms. The average molecular weight is 447 g/mol. The number of aromatic nitrogens is 2. The molecular weight excluding hydrogens is 420 g/mol. The van der Waals surface area contributed by atoms with Crippen molar-refractivity contribution >= 4 is 33.4 Å². The lowest BCUT2D eigenvalue weighted by atomic mass is 10.1. The third-order valence-electron chi connectivity index (χ3n) is 4.71. The van der Waals surface area contributed by atoms with Gasteiger partial charge in [-0.1, -0.05) is 22.0 Å². The molecule has 28 heavy (non-hydrogen) atoms. The molecule has 1 aromatic carbocycles. The topological polar surface area (TPSA) is 76.0 Å². The highest BCUT2D eigenvalue weighted by Gasteiger charge is 2.32. The molecule has 1 saturated carbocycles. The first kappa shape index (κ1) is 20.6. The first-order valence-electron chi connectivity index (χ1n) is 9.60. The number of aryl methyl sites for hydroxylation is 1. The third kappa shape index (κ3) is 5.01. The molecule has 0 spiro atoms. The zero-order chi connectivity index (χ0) is 20.5. The number of amides is 2. The normalized spacial score (nSPS) is 14.0. The van der Waals surface area contributed by atoms with Gasteiger partial charge in [0.2, 0.25) is 5.91 Å². The Balaban J connectivity index is 1.56. The average Bonchev–Trinajstić information content (AvgIpc) is 3.34. The van der Waals surface area contributed by atoms with E-state index in [-0.39, 0.29) is 30.3 Å². The lowest BCUT2D eigenvalue weighted by Crippen LogP contribution is -2.29. The molecule has 6 nitrogen and oxygen atoms in total. The van der Waals surface area contributed by atoms with Crippen molar-refractivity contribution in [2.24, 2.45) is 0 Å². The largest absolute Gasteiger partial charge is 0.350 e. The highest BCUT2D eigenvalue weighted by atomic mass is 79.9. The predicted octanol–water partition coefficient (Wildman–Crippen LogP) is 4.35. The molecule has 0 saturated heterocycles. The molecule has 1 aliphatic rings. The zero-order valence-corrected chi connectivity index (χ0v) is 18.4. The van der Waals surface area contributed by atoms with Crippen LogP contribution in [0.5, 0.6) is 0 Å². The zero-order valence-electron chi connectivity index (χ0n) is 16.8. The molecule has 3 rings (SSSR count). The van der Waals surface area contributed by atoms with Crippen molar-refractivity contribution in [3.05, 3.63) is 45.7 Å². The summed E-state index contributed by atoms with van der Waals surface area (Å²) >= 11 is 3.40. The molecule has 1 aromatic heterocycles. The van der Waals surface area contributed by atoms with Gasteiger partial charge in [0.05, 0.1) is 5.54 Å². The van der Waals surface area contributed by atoms with Gasteiger partial charge >= 0.3 is 0 Å². The number of anilines is 1. The molecule has 150 valence electrons. The van der Waals surface area contributed by atoms with E-state index >= 15 is 0 Å². The molecule has 2 aromatic rings. The van der Waals surface area contributed by atoms with Crippen LogP contribution in [-0.2, 0) is 10.3 Å². The number of halogens is 1. The maximum Gasteiger partial charge on any atom is 0.271 e. The summed E-state index contributed by atoms with van der Waals surface area (Å²) in [7, 11) is 0. The molecule has 0 radical (unpaired) electrons. The van der Waals surface area contributed by atoms with E-state index in [0.717, 1.165) is 34.3 Å². The number of nitrogens with one attached hydrogen (secondary N) is 2. The lowest BCUT2D eigenvalue weighted by Gasteiger charge is -2.22. The van der Waals surface area contributed by atoms with E-state index in [0.29, 0.717) is 11.6 Å². The lowest BCUT2D eigenvalue weighted by molar-refractivity contribution is -0.116. The first-order chi connectivity index (χ1) is 13.1. The quantitative estimate of drug-likeness (QED) is 0.692. The summed E-state index contributed by atoms with van der Waals surface area (Å²) in [5.41, 5.74) is 3.13. The fourth-order valence-electron chi connectivity index (χ4n) is 3.04. The van der Waals surface area contributed by atoms with Crippen molar-refractivity contribution in [1.29, 1.82) is 0 Å². The van der Waals surface area contributed by atoms with Crippen LogP contribution in [0.15, 0.2) is 28.7 Å². The van der Waals surface area contributed by atoms with Crippen molar-refractivity contribution in [3.8, 4) is 0 Å². The molecular formula is C21H27BrN4O2. The minimum absolute atomic E-state index is 0.139. The van der Waals surface area contributed by atoms with E-state index in [4.69, 9.17) is 0 Å². The summed E-state index contributed by atoms with van der Waals surface area (Å²) in [5, 5.41) is 10.2. The second-order valence-corrected chi connectivity index (χ2v) is 9.24. The number of benzene rings is 1. The third-order valence-corrected chi connectivity index (χ3v) is 5.21. The van der Waals surface area contributed by atoms with E-state index in [1.54, 1.807) is 0 Å². The summed E-state index contributed by atoms with van der Waals surface area (Å²) in [6, 6.07) is 7.62. The maximum absolute atomic E-state index is 12.5. The molecule has 0 atom stereocenters. The van der Waals surface area contributed by atoms with Crippen LogP contribution in [0.25, 0.3) is 0 Å². The van der Waals surface area contributed by atoms with Gasteiger partial charge < -0.3 is 10.6 Å². The Bertz CT molecular complexity index is 894. The van der Waals surface area contributed by atoms with E-state index in [1.165, 1.54) is 0 Å². The van der Waals surface area contributed by atoms with Crippen molar-refractivity contribution in [2.45, 2.75) is 58.4 Å². The predicted molar refractivity (Wildman–Crippen MR) is 114 cm³/mol. The fraction of sp³-hybridized carbons (Fsp3) is 0.476. The van der Waals surface area contributed by atoms with Gasteiger partial charge in [0.1, 0.15) is 5.69 Å². The molecule has 1 aliphatic carbocycles. The molecule has 0 aliphatic heterocycles. The molecule has 7 heteroatoms. The summed E-state index contributed by atoms with van der Waals surface area (Å²) in [6.07, 6.45) is 2.50.